The van der Waals surface area contributed by atoms with Crippen LogP contribution in [0.25, 0.3) is 6.08 Å². The number of unbranched alkanes of at least 4 members (excludes halogenated alkanes) is 1. The van der Waals surface area contributed by atoms with Gasteiger partial charge in [-0.05, 0) is 36.1 Å². The lowest BCUT2D eigenvalue weighted by Gasteiger charge is -2.13. The molecule has 0 aliphatic heterocycles. The molecule has 0 aliphatic carbocycles. The van der Waals surface area contributed by atoms with Crippen molar-refractivity contribution in [2.45, 2.75) is 39.5 Å². The largest absolute Gasteiger partial charge is 0.462 e. The van der Waals surface area contributed by atoms with E-state index in [2.05, 4.69) is 13.8 Å². The van der Waals surface area contributed by atoms with Crippen molar-refractivity contribution >= 4 is 17.7 Å². The van der Waals surface area contributed by atoms with Crippen LogP contribution in [0.1, 0.15) is 45.1 Å². The lowest BCUT2D eigenvalue weighted by atomic mass is 10.0. The Kier molecular flexibility index (Phi) is 8.34. The Bertz CT molecular complexity index is 463. The summed E-state index contributed by atoms with van der Waals surface area (Å²) in [6, 6.07) is 8.05. The minimum atomic E-state index is -0.258. The van der Waals surface area contributed by atoms with Crippen LogP contribution in [-0.2, 0) is 9.53 Å². The third-order valence-electron chi connectivity index (χ3n) is 3.83. The molecule has 1 aromatic rings. The molecule has 1 rings (SSSR count). The number of carbonyl (C=O) groups is 1. The first-order valence-corrected chi connectivity index (χ1v) is 8.19. The first kappa shape index (κ1) is 18.3. The van der Waals surface area contributed by atoms with Crippen LogP contribution in [0.4, 0.5) is 5.69 Å². The number of ether oxygens (including phenoxy) is 1. The van der Waals surface area contributed by atoms with E-state index in [1.807, 2.05) is 43.3 Å². The molecule has 3 nitrogen and oxygen atoms in total. The summed E-state index contributed by atoms with van der Waals surface area (Å²) in [6.07, 6.45) is 7.89. The summed E-state index contributed by atoms with van der Waals surface area (Å²) >= 11 is 0. The van der Waals surface area contributed by atoms with E-state index in [-0.39, 0.29) is 5.97 Å². The van der Waals surface area contributed by atoms with Gasteiger partial charge in [-0.25, -0.2) is 4.79 Å². The molecule has 0 saturated carbocycles. The van der Waals surface area contributed by atoms with Gasteiger partial charge in [-0.3, -0.25) is 0 Å². The van der Waals surface area contributed by atoms with Gasteiger partial charge in [-0.2, -0.15) is 0 Å². The average Bonchev–Trinajstić information content (AvgIpc) is 2.53. The van der Waals surface area contributed by atoms with E-state index in [9.17, 15) is 4.79 Å². The van der Waals surface area contributed by atoms with E-state index in [1.165, 1.54) is 18.9 Å². The molecule has 0 fully saturated rings. The van der Waals surface area contributed by atoms with Gasteiger partial charge in [-0.15, -0.1) is 0 Å². The highest BCUT2D eigenvalue weighted by Crippen LogP contribution is 2.14. The highest BCUT2D eigenvalue weighted by molar-refractivity contribution is 5.87. The normalized spacial score (nSPS) is 12.4. The van der Waals surface area contributed by atoms with E-state index >= 15 is 0 Å². The van der Waals surface area contributed by atoms with E-state index < -0.39 is 0 Å². The number of esters is 1. The van der Waals surface area contributed by atoms with Crippen molar-refractivity contribution < 1.29 is 9.53 Å². The van der Waals surface area contributed by atoms with Gasteiger partial charge in [0, 0.05) is 25.9 Å². The summed E-state index contributed by atoms with van der Waals surface area (Å²) in [6.45, 7) is 4.86. The molecule has 1 unspecified atom stereocenters. The fraction of sp³-hybridized carbons (Fsp3) is 0.526. The maximum atomic E-state index is 11.8. The van der Waals surface area contributed by atoms with Crippen LogP contribution < -0.4 is 4.90 Å². The van der Waals surface area contributed by atoms with Crippen LogP contribution in [0.3, 0.4) is 0 Å². The zero-order chi connectivity index (χ0) is 16.4. The summed E-state index contributed by atoms with van der Waals surface area (Å²) in [5.74, 6) is 0.225. The van der Waals surface area contributed by atoms with Gasteiger partial charge in [0.1, 0.15) is 0 Å². The lowest BCUT2D eigenvalue weighted by Crippen LogP contribution is -2.12. The third-order valence-corrected chi connectivity index (χ3v) is 3.83. The maximum absolute atomic E-state index is 11.8. The summed E-state index contributed by atoms with van der Waals surface area (Å²) in [5.41, 5.74) is 2.14. The number of rotatable bonds is 9. The fourth-order valence-electron chi connectivity index (χ4n) is 2.19. The van der Waals surface area contributed by atoms with Gasteiger partial charge >= 0.3 is 5.97 Å². The molecular weight excluding hydrogens is 274 g/mol. The Labute approximate surface area is 135 Å². The second-order valence-corrected chi connectivity index (χ2v) is 5.87. The van der Waals surface area contributed by atoms with Gasteiger partial charge in [0.25, 0.3) is 0 Å². The van der Waals surface area contributed by atoms with Gasteiger partial charge in [0.05, 0.1) is 6.61 Å². The second kappa shape index (κ2) is 10.0. The Morgan fingerprint density at radius 2 is 1.91 bits per heavy atom. The highest BCUT2D eigenvalue weighted by atomic mass is 16.5. The van der Waals surface area contributed by atoms with Crippen LogP contribution in [0.5, 0.6) is 0 Å². The lowest BCUT2D eigenvalue weighted by molar-refractivity contribution is -0.139. The van der Waals surface area contributed by atoms with Gasteiger partial charge in [-0.1, -0.05) is 45.2 Å². The van der Waals surface area contributed by atoms with E-state index in [0.717, 1.165) is 24.1 Å². The quantitative estimate of drug-likeness (QED) is 0.496. The number of carbonyl (C=O) groups excluding carboxylic acids is 1. The van der Waals surface area contributed by atoms with Gasteiger partial charge in [0.15, 0.2) is 0 Å². The van der Waals surface area contributed by atoms with Crippen LogP contribution in [0, 0.1) is 5.92 Å². The van der Waals surface area contributed by atoms with Crippen molar-refractivity contribution in [2.24, 2.45) is 5.92 Å². The fourth-order valence-corrected chi connectivity index (χ4v) is 2.19. The minimum Gasteiger partial charge on any atom is -0.462 e. The molecule has 0 N–H and O–H groups in total. The zero-order valence-corrected chi connectivity index (χ0v) is 14.3. The molecule has 1 aromatic carbocycles. The van der Waals surface area contributed by atoms with Crippen molar-refractivity contribution in [2.75, 3.05) is 25.6 Å². The number of nitrogens with zero attached hydrogens (tertiary/aromatic N) is 1. The standard InChI is InChI=1S/C19H29NO2/c1-5-7-8-16(6-2)15-22-19(21)14-11-17-9-12-18(13-10-17)20(3)4/h9-14,16H,5-8,15H2,1-4H3/b14-11+. The molecule has 0 bridgehead atoms. The van der Waals surface area contributed by atoms with Gasteiger partial charge in [0.2, 0.25) is 0 Å². The molecule has 0 radical (unpaired) electrons. The zero-order valence-electron chi connectivity index (χ0n) is 14.3. The Morgan fingerprint density at radius 3 is 2.45 bits per heavy atom. The van der Waals surface area contributed by atoms with Crippen molar-refractivity contribution in [1.29, 1.82) is 0 Å². The summed E-state index contributed by atoms with van der Waals surface area (Å²) < 4.78 is 5.34. The second-order valence-electron chi connectivity index (χ2n) is 5.87. The van der Waals surface area contributed by atoms with Crippen molar-refractivity contribution in [1.82, 2.24) is 0 Å². The average molecular weight is 303 g/mol. The van der Waals surface area contributed by atoms with Gasteiger partial charge < -0.3 is 9.64 Å². The summed E-state index contributed by atoms with van der Waals surface area (Å²) in [7, 11) is 4.01. The molecule has 3 heteroatoms. The molecule has 122 valence electrons. The monoisotopic (exact) mass is 303 g/mol. The smallest absolute Gasteiger partial charge is 0.330 e. The molecule has 1 atom stereocenters. The predicted molar refractivity (Wildman–Crippen MR) is 94.1 cm³/mol. The molecule has 0 aliphatic rings. The van der Waals surface area contributed by atoms with Crippen molar-refractivity contribution in [3.63, 3.8) is 0 Å². The van der Waals surface area contributed by atoms with Crippen LogP contribution in [0.2, 0.25) is 0 Å². The molecular formula is C19H29NO2. The Hall–Kier alpha value is -1.77. The molecule has 0 heterocycles. The van der Waals surface area contributed by atoms with Crippen molar-refractivity contribution in [3.05, 3.63) is 35.9 Å². The number of hydrogen-bond acceptors (Lipinski definition) is 3. The van der Waals surface area contributed by atoms with Crippen LogP contribution >= 0.6 is 0 Å². The predicted octanol–water partition coefficient (Wildman–Crippen LogP) is 4.53. The Morgan fingerprint density at radius 1 is 1.23 bits per heavy atom. The van der Waals surface area contributed by atoms with E-state index in [4.69, 9.17) is 4.74 Å². The van der Waals surface area contributed by atoms with Crippen LogP contribution in [0.15, 0.2) is 30.3 Å². The number of benzene rings is 1. The molecule has 0 spiro atoms. The summed E-state index contributed by atoms with van der Waals surface area (Å²) in [4.78, 5) is 13.8. The summed E-state index contributed by atoms with van der Waals surface area (Å²) in [5, 5.41) is 0. The Balaban J connectivity index is 2.43. The highest BCUT2D eigenvalue weighted by Gasteiger charge is 2.08. The maximum Gasteiger partial charge on any atom is 0.330 e. The van der Waals surface area contributed by atoms with E-state index in [1.54, 1.807) is 6.08 Å². The molecule has 0 aromatic heterocycles. The number of anilines is 1. The SMILES string of the molecule is CCCCC(CC)COC(=O)/C=C/c1ccc(N(C)C)cc1. The molecule has 0 amide bonds. The third kappa shape index (κ3) is 6.79. The first-order chi connectivity index (χ1) is 10.6. The topological polar surface area (TPSA) is 29.5 Å². The first-order valence-electron chi connectivity index (χ1n) is 8.19. The number of hydrogen-bond donors (Lipinski definition) is 0. The van der Waals surface area contributed by atoms with E-state index in [0.29, 0.717) is 12.5 Å². The molecule has 22 heavy (non-hydrogen) atoms. The van der Waals surface area contributed by atoms with Crippen LogP contribution in [-0.4, -0.2) is 26.7 Å². The minimum absolute atomic E-state index is 0.258. The van der Waals surface area contributed by atoms with Crippen molar-refractivity contribution in [3.8, 4) is 0 Å². The molecule has 0 saturated heterocycles.